The Labute approximate surface area is 193 Å². The average Bonchev–Trinajstić information content (AvgIpc) is 2.89. The zero-order valence-electron chi connectivity index (χ0n) is 18.6. The topological polar surface area (TPSA) is 61.3 Å². The molecule has 4 heterocycles. The third-order valence-corrected chi connectivity index (χ3v) is 6.63. The van der Waals surface area contributed by atoms with Crippen LogP contribution in [0.15, 0.2) is 67.0 Å². The summed E-state index contributed by atoms with van der Waals surface area (Å²) in [4.78, 5) is 25.9. The first-order valence-corrected chi connectivity index (χ1v) is 11.7. The van der Waals surface area contributed by atoms with Gasteiger partial charge in [0.25, 0.3) is 0 Å². The van der Waals surface area contributed by atoms with Crippen LogP contribution in [0.5, 0.6) is 0 Å². The van der Waals surface area contributed by atoms with Crippen LogP contribution >= 0.6 is 0 Å². The molecule has 6 rings (SSSR count). The largest absolute Gasteiger partial charge is 0.351 e. The van der Waals surface area contributed by atoms with Gasteiger partial charge in [0.05, 0.1) is 12.1 Å². The van der Waals surface area contributed by atoms with Crippen LogP contribution in [0.25, 0.3) is 10.9 Å². The van der Waals surface area contributed by atoms with Crippen LogP contribution in [0.4, 0.5) is 11.8 Å². The van der Waals surface area contributed by atoms with E-state index >= 15 is 0 Å². The Morgan fingerprint density at radius 2 is 1.45 bits per heavy atom. The average molecular weight is 438 g/mol. The van der Waals surface area contributed by atoms with Gasteiger partial charge in [0.2, 0.25) is 5.95 Å². The summed E-state index contributed by atoms with van der Waals surface area (Å²) < 4.78 is 0. The van der Waals surface area contributed by atoms with Gasteiger partial charge in [-0.05, 0) is 35.7 Å². The normalized spacial score (nSPS) is 16.7. The molecule has 0 aliphatic carbocycles. The highest BCUT2D eigenvalue weighted by atomic mass is 15.3. The van der Waals surface area contributed by atoms with E-state index in [0.717, 1.165) is 80.7 Å². The second-order valence-corrected chi connectivity index (χ2v) is 8.73. The Balaban J connectivity index is 1.23. The first kappa shape index (κ1) is 20.1. The maximum atomic E-state index is 5.10. The highest BCUT2D eigenvalue weighted by molar-refractivity contribution is 5.89. The van der Waals surface area contributed by atoms with Crippen LogP contribution in [0, 0.1) is 0 Å². The number of hydrogen-bond donors (Lipinski definition) is 0. The van der Waals surface area contributed by atoms with Crippen molar-refractivity contribution in [1.29, 1.82) is 0 Å². The van der Waals surface area contributed by atoms with E-state index < -0.39 is 0 Å². The van der Waals surface area contributed by atoms with Gasteiger partial charge in [-0.2, -0.15) is 0 Å². The minimum absolute atomic E-state index is 0.756. The summed E-state index contributed by atoms with van der Waals surface area (Å²) in [5, 5.41) is 1.13. The van der Waals surface area contributed by atoms with Crippen molar-refractivity contribution in [3.8, 4) is 0 Å². The molecule has 0 unspecified atom stereocenters. The third kappa shape index (κ3) is 4.12. The van der Waals surface area contributed by atoms with Gasteiger partial charge in [0.1, 0.15) is 11.6 Å². The summed E-state index contributed by atoms with van der Waals surface area (Å²) in [5.74, 6) is 2.76. The van der Waals surface area contributed by atoms with Crippen LogP contribution in [0.3, 0.4) is 0 Å². The predicted molar refractivity (Wildman–Crippen MR) is 130 cm³/mol. The lowest BCUT2D eigenvalue weighted by atomic mass is 9.99. The van der Waals surface area contributed by atoms with Crippen molar-refractivity contribution in [3.63, 3.8) is 0 Å². The van der Waals surface area contributed by atoms with Crippen molar-refractivity contribution in [2.24, 2.45) is 0 Å². The van der Waals surface area contributed by atoms with Gasteiger partial charge in [-0.3, -0.25) is 4.90 Å². The molecule has 1 fully saturated rings. The molecule has 2 aliphatic heterocycles. The fraction of sp³-hybridized carbons (Fsp3) is 0.308. The number of para-hydroxylation sites is 1. The molecule has 7 heteroatoms. The lowest BCUT2D eigenvalue weighted by Crippen LogP contribution is -2.46. The van der Waals surface area contributed by atoms with Gasteiger partial charge in [-0.15, -0.1) is 0 Å². The van der Waals surface area contributed by atoms with E-state index in [4.69, 9.17) is 9.97 Å². The number of aromatic nitrogens is 4. The van der Waals surface area contributed by atoms with E-state index in [0.29, 0.717) is 0 Å². The molecule has 166 valence electrons. The lowest BCUT2D eigenvalue weighted by Gasteiger charge is -2.34. The van der Waals surface area contributed by atoms with E-state index in [9.17, 15) is 0 Å². The van der Waals surface area contributed by atoms with Gasteiger partial charge >= 0.3 is 0 Å². The fourth-order valence-corrected chi connectivity index (χ4v) is 4.86. The van der Waals surface area contributed by atoms with Crippen molar-refractivity contribution >= 4 is 22.7 Å². The summed E-state index contributed by atoms with van der Waals surface area (Å²) in [7, 11) is 0. The molecule has 1 saturated heterocycles. The minimum atomic E-state index is 0.756. The molecular formula is C26H27N7. The highest BCUT2D eigenvalue weighted by Crippen LogP contribution is 2.29. The van der Waals surface area contributed by atoms with Crippen molar-refractivity contribution < 1.29 is 0 Å². The smallest absolute Gasteiger partial charge is 0.225 e. The summed E-state index contributed by atoms with van der Waals surface area (Å²) in [6.45, 7) is 6.34. The summed E-state index contributed by atoms with van der Waals surface area (Å²) in [6, 6.07) is 19.0. The van der Waals surface area contributed by atoms with Crippen molar-refractivity contribution in [1.82, 2.24) is 24.8 Å². The summed E-state index contributed by atoms with van der Waals surface area (Å²) >= 11 is 0. The number of anilines is 2. The van der Waals surface area contributed by atoms with E-state index in [1.165, 1.54) is 11.1 Å². The quantitative estimate of drug-likeness (QED) is 0.485. The monoisotopic (exact) mass is 437 g/mol. The Morgan fingerprint density at radius 1 is 0.697 bits per heavy atom. The van der Waals surface area contributed by atoms with Crippen molar-refractivity contribution in [2.75, 3.05) is 42.5 Å². The van der Waals surface area contributed by atoms with Crippen LogP contribution < -0.4 is 9.80 Å². The number of rotatable bonds is 4. The highest BCUT2D eigenvalue weighted by Gasteiger charge is 2.23. The number of hydrogen-bond acceptors (Lipinski definition) is 7. The molecule has 0 atom stereocenters. The number of nitrogens with zero attached hydrogens (tertiary/aromatic N) is 7. The van der Waals surface area contributed by atoms with E-state index in [1.54, 1.807) is 12.4 Å². The molecule has 0 amide bonds. The molecule has 7 nitrogen and oxygen atoms in total. The van der Waals surface area contributed by atoms with E-state index in [2.05, 4.69) is 73.2 Å². The first-order chi connectivity index (χ1) is 16.3. The second kappa shape index (κ2) is 8.75. The molecule has 0 N–H and O–H groups in total. The van der Waals surface area contributed by atoms with Crippen LogP contribution in [0.2, 0.25) is 0 Å². The zero-order chi connectivity index (χ0) is 22.0. The Hall–Kier alpha value is -3.58. The van der Waals surface area contributed by atoms with Gasteiger partial charge in [0, 0.05) is 57.0 Å². The van der Waals surface area contributed by atoms with Gasteiger partial charge in [-0.25, -0.2) is 19.9 Å². The first-order valence-electron chi connectivity index (χ1n) is 11.7. The molecule has 2 aromatic carbocycles. The SMILES string of the molecule is c1cnc(N2CCN(Cc3nc(N4CCc5ccccc5C4)c4ccccc4n3)CC2)nc1. The van der Waals surface area contributed by atoms with E-state index in [1.807, 2.05) is 6.07 Å². The Bertz CT molecular complexity index is 1250. The standard InChI is InChI=1S/C26H27N7/c1-2-7-21-18-33(13-10-20(21)6-1)25-22-8-3-4-9-23(22)29-24(30-25)19-31-14-16-32(17-15-31)26-27-11-5-12-28-26/h1-9,11-12H,10,13-19H2. The molecule has 4 aromatic rings. The lowest BCUT2D eigenvalue weighted by molar-refractivity contribution is 0.243. The van der Waals surface area contributed by atoms with Gasteiger partial charge < -0.3 is 9.80 Å². The zero-order valence-corrected chi connectivity index (χ0v) is 18.6. The van der Waals surface area contributed by atoms with Crippen LogP contribution in [-0.2, 0) is 19.5 Å². The van der Waals surface area contributed by atoms with Crippen molar-refractivity contribution in [2.45, 2.75) is 19.5 Å². The maximum absolute atomic E-state index is 5.10. The molecule has 0 saturated carbocycles. The van der Waals surface area contributed by atoms with E-state index in [-0.39, 0.29) is 0 Å². The molecule has 0 spiro atoms. The predicted octanol–water partition coefficient (Wildman–Crippen LogP) is 3.30. The van der Waals surface area contributed by atoms with Crippen LogP contribution in [0.1, 0.15) is 17.0 Å². The second-order valence-electron chi connectivity index (χ2n) is 8.73. The third-order valence-electron chi connectivity index (χ3n) is 6.63. The molecule has 0 bridgehead atoms. The summed E-state index contributed by atoms with van der Waals surface area (Å²) in [5.41, 5.74) is 3.87. The fourth-order valence-electron chi connectivity index (χ4n) is 4.86. The maximum Gasteiger partial charge on any atom is 0.225 e. The molecule has 2 aromatic heterocycles. The number of piperazine rings is 1. The Kier molecular flexibility index (Phi) is 5.32. The number of fused-ring (bicyclic) bond motifs is 2. The Morgan fingerprint density at radius 3 is 2.30 bits per heavy atom. The van der Waals surface area contributed by atoms with Crippen LogP contribution in [-0.4, -0.2) is 57.6 Å². The molecular weight excluding hydrogens is 410 g/mol. The van der Waals surface area contributed by atoms with Crippen molar-refractivity contribution in [3.05, 3.63) is 83.9 Å². The summed E-state index contributed by atoms with van der Waals surface area (Å²) in [6.07, 6.45) is 4.66. The molecule has 33 heavy (non-hydrogen) atoms. The minimum Gasteiger partial charge on any atom is -0.351 e. The van der Waals surface area contributed by atoms with Gasteiger partial charge in [0.15, 0.2) is 0 Å². The van der Waals surface area contributed by atoms with Gasteiger partial charge in [-0.1, -0.05) is 36.4 Å². The molecule has 2 aliphatic rings. The number of benzene rings is 2. The molecule has 0 radical (unpaired) electrons.